The summed E-state index contributed by atoms with van der Waals surface area (Å²) in [5, 5.41) is 9.37. The third-order valence-corrected chi connectivity index (χ3v) is 4.03. The standard InChI is InChI=1S/C16H16BrNO2/c17-14-7-13(10-19)16(18-9-14)20-15-6-5-11-3-1-2-4-12(11)8-15/h5-9,19H,1-4,10H2. The van der Waals surface area contributed by atoms with E-state index < -0.39 is 0 Å². The third-order valence-electron chi connectivity index (χ3n) is 3.60. The second kappa shape index (κ2) is 5.94. The molecule has 1 aliphatic rings. The first-order valence-corrected chi connectivity index (χ1v) is 7.60. The topological polar surface area (TPSA) is 42.4 Å². The van der Waals surface area contributed by atoms with Crippen LogP contribution in [0.15, 0.2) is 34.9 Å². The highest BCUT2D eigenvalue weighted by molar-refractivity contribution is 9.10. The Balaban J connectivity index is 1.87. The van der Waals surface area contributed by atoms with Crippen LogP contribution < -0.4 is 4.74 Å². The minimum absolute atomic E-state index is 0.0906. The summed E-state index contributed by atoms with van der Waals surface area (Å²) in [7, 11) is 0. The van der Waals surface area contributed by atoms with Gasteiger partial charge < -0.3 is 9.84 Å². The number of benzene rings is 1. The van der Waals surface area contributed by atoms with Crippen molar-refractivity contribution in [2.75, 3.05) is 0 Å². The monoisotopic (exact) mass is 333 g/mol. The molecule has 0 saturated carbocycles. The average Bonchev–Trinajstić information content (AvgIpc) is 2.49. The zero-order valence-corrected chi connectivity index (χ0v) is 12.7. The van der Waals surface area contributed by atoms with Crippen LogP contribution in [0.3, 0.4) is 0 Å². The molecule has 0 aliphatic heterocycles. The predicted octanol–water partition coefficient (Wildman–Crippen LogP) is 4.01. The summed E-state index contributed by atoms with van der Waals surface area (Å²) in [6, 6.07) is 8.04. The molecule has 0 atom stereocenters. The summed E-state index contributed by atoms with van der Waals surface area (Å²) in [6.07, 6.45) is 6.47. The molecule has 1 heterocycles. The molecule has 1 aliphatic carbocycles. The third kappa shape index (κ3) is 2.86. The number of hydrogen-bond acceptors (Lipinski definition) is 3. The average molecular weight is 334 g/mol. The number of rotatable bonds is 3. The van der Waals surface area contributed by atoms with Crippen molar-refractivity contribution in [1.29, 1.82) is 0 Å². The van der Waals surface area contributed by atoms with Gasteiger partial charge in [-0.3, -0.25) is 0 Å². The summed E-state index contributed by atoms with van der Waals surface area (Å²) in [4.78, 5) is 4.23. The maximum absolute atomic E-state index is 9.37. The predicted molar refractivity (Wildman–Crippen MR) is 81.0 cm³/mol. The van der Waals surface area contributed by atoms with E-state index in [2.05, 4.69) is 33.0 Å². The van der Waals surface area contributed by atoms with E-state index in [1.807, 2.05) is 12.1 Å². The van der Waals surface area contributed by atoms with Gasteiger partial charge in [0.1, 0.15) is 5.75 Å². The van der Waals surface area contributed by atoms with Crippen molar-refractivity contribution in [2.24, 2.45) is 0 Å². The van der Waals surface area contributed by atoms with Crippen LogP contribution in [-0.2, 0) is 19.4 Å². The summed E-state index contributed by atoms with van der Waals surface area (Å²) in [6.45, 7) is -0.0906. The molecule has 20 heavy (non-hydrogen) atoms. The summed E-state index contributed by atoms with van der Waals surface area (Å²) in [5.74, 6) is 1.25. The molecule has 1 aromatic carbocycles. The van der Waals surface area contributed by atoms with Crippen LogP contribution in [0.1, 0.15) is 29.5 Å². The number of pyridine rings is 1. The first-order valence-electron chi connectivity index (χ1n) is 6.81. The quantitative estimate of drug-likeness (QED) is 0.922. The highest BCUT2D eigenvalue weighted by Crippen LogP contribution is 2.29. The normalized spacial score (nSPS) is 13.9. The Morgan fingerprint density at radius 2 is 1.95 bits per heavy atom. The molecule has 4 heteroatoms. The van der Waals surface area contributed by atoms with E-state index >= 15 is 0 Å². The van der Waals surface area contributed by atoms with Gasteiger partial charge in [-0.05, 0) is 70.9 Å². The molecular weight excluding hydrogens is 318 g/mol. The number of aryl methyl sites for hydroxylation is 2. The molecule has 0 spiro atoms. The number of ether oxygens (including phenoxy) is 1. The van der Waals surface area contributed by atoms with Gasteiger partial charge in [0.15, 0.2) is 0 Å². The Hall–Kier alpha value is -1.39. The first-order chi connectivity index (χ1) is 9.76. The van der Waals surface area contributed by atoms with E-state index in [-0.39, 0.29) is 6.61 Å². The number of aliphatic hydroxyl groups is 1. The molecule has 3 nitrogen and oxygen atoms in total. The lowest BCUT2D eigenvalue weighted by Crippen LogP contribution is -2.03. The highest BCUT2D eigenvalue weighted by Gasteiger charge is 2.12. The van der Waals surface area contributed by atoms with E-state index in [4.69, 9.17) is 4.74 Å². The van der Waals surface area contributed by atoms with Gasteiger partial charge in [0, 0.05) is 16.2 Å². The van der Waals surface area contributed by atoms with Crippen molar-refractivity contribution in [1.82, 2.24) is 4.98 Å². The molecule has 3 rings (SSSR count). The van der Waals surface area contributed by atoms with Crippen molar-refractivity contribution >= 4 is 15.9 Å². The van der Waals surface area contributed by atoms with Crippen LogP contribution in [0.2, 0.25) is 0 Å². The minimum Gasteiger partial charge on any atom is -0.439 e. The number of halogens is 1. The molecule has 2 aromatic rings. The SMILES string of the molecule is OCc1cc(Br)cnc1Oc1ccc2c(c1)CCCC2. The Labute approximate surface area is 126 Å². The van der Waals surface area contributed by atoms with Gasteiger partial charge in [0.05, 0.1) is 6.61 Å². The molecule has 0 radical (unpaired) electrons. The highest BCUT2D eigenvalue weighted by atomic mass is 79.9. The van der Waals surface area contributed by atoms with Crippen LogP contribution in [0.4, 0.5) is 0 Å². The van der Waals surface area contributed by atoms with E-state index in [1.54, 1.807) is 6.20 Å². The Kier molecular flexibility index (Phi) is 4.03. The van der Waals surface area contributed by atoms with Crippen molar-refractivity contribution < 1.29 is 9.84 Å². The van der Waals surface area contributed by atoms with Gasteiger partial charge in [-0.15, -0.1) is 0 Å². The summed E-state index contributed by atoms with van der Waals surface area (Å²) < 4.78 is 6.66. The van der Waals surface area contributed by atoms with Crippen LogP contribution >= 0.6 is 15.9 Å². The number of hydrogen-bond donors (Lipinski definition) is 1. The van der Waals surface area contributed by atoms with Gasteiger partial charge in [-0.2, -0.15) is 0 Å². The fourth-order valence-corrected chi connectivity index (χ4v) is 2.94. The van der Waals surface area contributed by atoms with Gasteiger partial charge in [0.25, 0.3) is 0 Å². The molecule has 0 bridgehead atoms. The first kappa shape index (κ1) is 13.6. The van der Waals surface area contributed by atoms with Crippen LogP contribution in [0.25, 0.3) is 0 Å². The van der Waals surface area contributed by atoms with Gasteiger partial charge in [0.2, 0.25) is 5.88 Å². The van der Waals surface area contributed by atoms with Gasteiger partial charge in [-0.1, -0.05) is 6.07 Å². The van der Waals surface area contributed by atoms with Crippen molar-refractivity contribution in [3.63, 3.8) is 0 Å². The minimum atomic E-state index is -0.0906. The lowest BCUT2D eigenvalue weighted by atomic mass is 9.92. The Morgan fingerprint density at radius 3 is 2.75 bits per heavy atom. The van der Waals surface area contributed by atoms with E-state index in [1.165, 1.54) is 24.0 Å². The number of aliphatic hydroxyl groups excluding tert-OH is 1. The smallest absolute Gasteiger partial charge is 0.224 e. The Bertz CT molecular complexity index is 628. The molecule has 0 unspecified atom stereocenters. The summed E-state index contributed by atoms with van der Waals surface area (Å²) >= 11 is 3.34. The fourth-order valence-electron chi connectivity index (χ4n) is 2.56. The molecular formula is C16H16BrNO2. The molecule has 1 aromatic heterocycles. The molecule has 0 fully saturated rings. The lowest BCUT2D eigenvalue weighted by molar-refractivity contribution is 0.275. The van der Waals surface area contributed by atoms with Crippen molar-refractivity contribution in [2.45, 2.75) is 32.3 Å². The maximum atomic E-state index is 9.37. The zero-order chi connectivity index (χ0) is 13.9. The molecule has 0 amide bonds. The van der Waals surface area contributed by atoms with Gasteiger partial charge in [-0.25, -0.2) is 4.98 Å². The van der Waals surface area contributed by atoms with E-state index in [9.17, 15) is 5.11 Å². The zero-order valence-electron chi connectivity index (χ0n) is 11.1. The maximum Gasteiger partial charge on any atom is 0.224 e. The largest absolute Gasteiger partial charge is 0.439 e. The number of aromatic nitrogens is 1. The second-order valence-corrected chi connectivity index (χ2v) is 5.93. The van der Waals surface area contributed by atoms with Gasteiger partial charge >= 0.3 is 0 Å². The van der Waals surface area contributed by atoms with Crippen LogP contribution in [-0.4, -0.2) is 10.1 Å². The second-order valence-electron chi connectivity index (χ2n) is 5.02. The molecule has 104 valence electrons. The number of nitrogens with zero attached hydrogens (tertiary/aromatic N) is 1. The van der Waals surface area contributed by atoms with Crippen molar-refractivity contribution in [3.8, 4) is 11.6 Å². The fraction of sp³-hybridized carbons (Fsp3) is 0.312. The number of fused-ring (bicyclic) bond motifs is 1. The van der Waals surface area contributed by atoms with Crippen LogP contribution in [0.5, 0.6) is 11.6 Å². The van der Waals surface area contributed by atoms with E-state index in [0.717, 1.165) is 23.1 Å². The summed E-state index contributed by atoms with van der Waals surface area (Å²) in [5.41, 5.74) is 3.48. The van der Waals surface area contributed by atoms with Crippen molar-refractivity contribution in [3.05, 3.63) is 51.6 Å². The Morgan fingerprint density at radius 1 is 1.15 bits per heavy atom. The van der Waals surface area contributed by atoms with E-state index in [0.29, 0.717) is 11.4 Å². The van der Waals surface area contributed by atoms with Crippen LogP contribution in [0, 0.1) is 0 Å². The lowest BCUT2D eigenvalue weighted by Gasteiger charge is -2.17. The molecule has 0 saturated heterocycles. The molecule has 1 N–H and O–H groups in total.